The van der Waals surface area contributed by atoms with Gasteiger partial charge in [0.05, 0.1) is 0 Å². The van der Waals surface area contributed by atoms with Crippen molar-refractivity contribution in [3.05, 3.63) is 35.9 Å². The van der Waals surface area contributed by atoms with Gasteiger partial charge in [-0.3, -0.25) is 4.72 Å². The van der Waals surface area contributed by atoms with Crippen LogP contribution in [0.5, 0.6) is 0 Å². The lowest BCUT2D eigenvalue weighted by Gasteiger charge is -2.27. The van der Waals surface area contributed by atoms with Crippen molar-refractivity contribution >= 4 is 11.9 Å². The van der Waals surface area contributed by atoms with Crippen LogP contribution >= 0.6 is 11.9 Å². The molecule has 0 aromatic heterocycles. The normalized spacial score (nSPS) is 14.1. The van der Waals surface area contributed by atoms with E-state index < -0.39 is 0 Å². The Hall–Kier alpha value is -0.470. The first-order valence-corrected chi connectivity index (χ1v) is 6.70. The molecule has 0 aliphatic heterocycles. The van der Waals surface area contributed by atoms with Gasteiger partial charge < -0.3 is 0 Å². The van der Waals surface area contributed by atoms with Gasteiger partial charge in [0.15, 0.2) is 0 Å². The molecule has 1 rings (SSSR count). The summed E-state index contributed by atoms with van der Waals surface area (Å²) in [5, 5.41) is 0. The van der Waals surface area contributed by atoms with Crippen LogP contribution in [0.25, 0.3) is 0 Å². The van der Waals surface area contributed by atoms with Crippen LogP contribution < -0.4 is 4.72 Å². The highest BCUT2D eigenvalue weighted by Crippen LogP contribution is 2.28. The molecule has 1 aromatic carbocycles. The highest BCUT2D eigenvalue weighted by molar-refractivity contribution is 7.98. The second kappa shape index (κ2) is 5.74. The van der Waals surface area contributed by atoms with Gasteiger partial charge >= 0.3 is 0 Å². The quantitative estimate of drug-likeness (QED) is 0.778. The molecular formula is C14H23NS. The lowest BCUT2D eigenvalue weighted by atomic mass is 9.97. The molecule has 0 heterocycles. The van der Waals surface area contributed by atoms with Crippen molar-refractivity contribution in [1.29, 1.82) is 0 Å². The summed E-state index contributed by atoms with van der Waals surface area (Å²) >= 11 is 1.81. The molecule has 0 saturated heterocycles. The molecule has 0 aliphatic carbocycles. The minimum Gasteiger partial charge on any atom is -0.256 e. The van der Waals surface area contributed by atoms with Gasteiger partial charge in [0, 0.05) is 10.8 Å². The lowest BCUT2D eigenvalue weighted by molar-refractivity contribution is 0.484. The Morgan fingerprint density at radius 1 is 1.06 bits per heavy atom. The van der Waals surface area contributed by atoms with E-state index in [1.807, 2.05) is 11.9 Å². The van der Waals surface area contributed by atoms with E-state index in [0.717, 1.165) is 0 Å². The second-order valence-corrected chi connectivity index (χ2v) is 7.13. The molecule has 1 nitrogen and oxygen atoms in total. The summed E-state index contributed by atoms with van der Waals surface area (Å²) in [6, 6.07) is 11.1. The molecule has 0 radical (unpaired) electrons. The Balaban J connectivity index is 2.70. The van der Waals surface area contributed by atoms with E-state index in [1.165, 1.54) is 5.56 Å². The molecule has 0 aliphatic rings. The maximum Gasteiger partial charge on any atom is 0.0444 e. The van der Waals surface area contributed by atoms with Gasteiger partial charge in [-0.15, -0.1) is 0 Å². The molecule has 0 bridgehead atoms. The third-order valence-corrected chi connectivity index (χ3v) is 3.30. The first-order chi connectivity index (χ1) is 7.40. The lowest BCUT2D eigenvalue weighted by Crippen LogP contribution is -2.25. The van der Waals surface area contributed by atoms with Crippen molar-refractivity contribution < 1.29 is 0 Å². The fourth-order valence-electron chi connectivity index (χ4n) is 1.49. The minimum atomic E-state index is 0.252. The molecule has 0 unspecified atom stereocenters. The molecule has 1 atom stereocenters. The zero-order valence-electron chi connectivity index (χ0n) is 10.9. The Kier molecular flexibility index (Phi) is 4.88. The summed E-state index contributed by atoms with van der Waals surface area (Å²) in [5.41, 5.74) is 1.37. The number of nitrogens with one attached hydrogen (secondary N) is 1. The smallest absolute Gasteiger partial charge is 0.0444 e. The van der Waals surface area contributed by atoms with E-state index in [-0.39, 0.29) is 4.75 Å². The van der Waals surface area contributed by atoms with Crippen LogP contribution in [0, 0.1) is 5.92 Å². The minimum absolute atomic E-state index is 0.252. The van der Waals surface area contributed by atoms with Crippen molar-refractivity contribution in [3.63, 3.8) is 0 Å². The fourth-order valence-corrected chi connectivity index (χ4v) is 2.38. The number of hydrogen-bond acceptors (Lipinski definition) is 2. The van der Waals surface area contributed by atoms with Crippen LogP contribution in [-0.4, -0.2) is 4.75 Å². The van der Waals surface area contributed by atoms with E-state index in [9.17, 15) is 0 Å². The summed E-state index contributed by atoms with van der Waals surface area (Å²) < 4.78 is 3.84. The van der Waals surface area contributed by atoms with Crippen LogP contribution in [0.1, 0.15) is 46.2 Å². The monoisotopic (exact) mass is 237 g/mol. The van der Waals surface area contributed by atoms with Crippen LogP contribution in [0.2, 0.25) is 0 Å². The molecule has 0 saturated carbocycles. The van der Waals surface area contributed by atoms with Gasteiger partial charge in [0.2, 0.25) is 0 Å². The topological polar surface area (TPSA) is 12.0 Å². The molecular weight excluding hydrogens is 214 g/mol. The van der Waals surface area contributed by atoms with Crippen molar-refractivity contribution in [1.82, 2.24) is 4.72 Å². The summed E-state index contributed by atoms with van der Waals surface area (Å²) in [7, 11) is 0. The molecule has 1 aromatic rings. The maximum atomic E-state index is 3.59. The SMILES string of the molecule is CC(C)[C@@H](NSC(C)(C)C)c1ccccc1. The molecule has 0 spiro atoms. The second-order valence-electron chi connectivity index (χ2n) is 5.46. The average molecular weight is 237 g/mol. The summed E-state index contributed by atoms with van der Waals surface area (Å²) in [6.45, 7) is 11.2. The third kappa shape index (κ3) is 4.58. The Morgan fingerprint density at radius 2 is 1.62 bits per heavy atom. The average Bonchev–Trinajstić information content (AvgIpc) is 2.17. The number of hydrogen-bond donors (Lipinski definition) is 1. The van der Waals surface area contributed by atoms with Crippen molar-refractivity contribution in [2.75, 3.05) is 0 Å². The van der Waals surface area contributed by atoms with E-state index >= 15 is 0 Å². The van der Waals surface area contributed by atoms with Crippen LogP contribution in [0.3, 0.4) is 0 Å². The zero-order valence-corrected chi connectivity index (χ0v) is 11.8. The van der Waals surface area contributed by atoms with Gasteiger partial charge in [0.1, 0.15) is 0 Å². The summed E-state index contributed by atoms with van der Waals surface area (Å²) in [6.07, 6.45) is 0. The van der Waals surface area contributed by atoms with E-state index in [0.29, 0.717) is 12.0 Å². The van der Waals surface area contributed by atoms with E-state index in [1.54, 1.807) is 0 Å². The third-order valence-electron chi connectivity index (χ3n) is 2.32. The van der Waals surface area contributed by atoms with Gasteiger partial charge in [-0.25, -0.2) is 0 Å². The predicted molar refractivity (Wildman–Crippen MR) is 74.5 cm³/mol. The highest BCUT2D eigenvalue weighted by Gasteiger charge is 2.19. The number of benzene rings is 1. The van der Waals surface area contributed by atoms with Gasteiger partial charge in [-0.05, 0) is 32.3 Å². The molecule has 0 amide bonds. The fraction of sp³-hybridized carbons (Fsp3) is 0.571. The maximum absolute atomic E-state index is 3.59. The van der Waals surface area contributed by atoms with Gasteiger partial charge in [-0.1, -0.05) is 56.1 Å². The predicted octanol–water partition coefficient (Wildman–Crippen LogP) is 4.42. The highest BCUT2D eigenvalue weighted by atomic mass is 32.2. The molecule has 16 heavy (non-hydrogen) atoms. The molecule has 2 heteroatoms. The van der Waals surface area contributed by atoms with Crippen molar-refractivity contribution in [2.45, 2.75) is 45.4 Å². The van der Waals surface area contributed by atoms with Gasteiger partial charge in [0.25, 0.3) is 0 Å². The Bertz CT molecular complexity index is 300. The Labute approximate surface area is 104 Å². The first-order valence-electron chi connectivity index (χ1n) is 5.88. The summed E-state index contributed by atoms with van der Waals surface area (Å²) in [5.74, 6) is 0.595. The van der Waals surface area contributed by atoms with Crippen molar-refractivity contribution in [3.8, 4) is 0 Å². The molecule has 0 fully saturated rings. The summed E-state index contributed by atoms with van der Waals surface area (Å²) in [4.78, 5) is 0. The van der Waals surface area contributed by atoms with Crippen LogP contribution in [-0.2, 0) is 0 Å². The van der Waals surface area contributed by atoms with E-state index in [4.69, 9.17) is 0 Å². The van der Waals surface area contributed by atoms with Gasteiger partial charge in [-0.2, -0.15) is 0 Å². The standard InChI is InChI=1S/C14H23NS/c1-11(2)13(15-16-14(3,4)5)12-9-7-6-8-10-12/h6-11,13,15H,1-5H3/t13-/m1/s1. The zero-order chi connectivity index (χ0) is 12.2. The van der Waals surface area contributed by atoms with Crippen LogP contribution in [0.4, 0.5) is 0 Å². The van der Waals surface area contributed by atoms with Crippen molar-refractivity contribution in [2.24, 2.45) is 5.92 Å². The largest absolute Gasteiger partial charge is 0.256 e. The molecule has 1 N–H and O–H groups in total. The van der Waals surface area contributed by atoms with Crippen LogP contribution in [0.15, 0.2) is 30.3 Å². The Morgan fingerprint density at radius 3 is 2.06 bits per heavy atom. The van der Waals surface area contributed by atoms with E-state index in [2.05, 4.69) is 69.7 Å². The number of rotatable bonds is 4. The molecule has 90 valence electrons. The first kappa shape index (κ1) is 13.6.